The zero-order valence-corrected chi connectivity index (χ0v) is 12.1. The molecule has 21 heavy (non-hydrogen) atoms. The summed E-state index contributed by atoms with van der Waals surface area (Å²) in [6.45, 7) is 0.837. The third kappa shape index (κ3) is 2.88. The van der Waals surface area contributed by atoms with E-state index in [1.807, 2.05) is 41.2 Å². The SMILES string of the molecule is c1ccn2c(Sc3ncc(CNC4CC4)cn3)nnc2c1. The second kappa shape index (κ2) is 5.42. The molecule has 4 rings (SSSR count). The molecule has 3 aromatic heterocycles. The van der Waals surface area contributed by atoms with Crippen LogP contribution in [0.5, 0.6) is 0 Å². The molecule has 0 bridgehead atoms. The van der Waals surface area contributed by atoms with Gasteiger partial charge in [0.2, 0.25) is 5.16 Å². The molecule has 0 radical (unpaired) electrons. The first-order valence-corrected chi connectivity index (χ1v) is 7.72. The van der Waals surface area contributed by atoms with E-state index >= 15 is 0 Å². The molecule has 0 amide bonds. The molecule has 6 nitrogen and oxygen atoms in total. The summed E-state index contributed by atoms with van der Waals surface area (Å²) in [4.78, 5) is 8.78. The van der Waals surface area contributed by atoms with Crippen LogP contribution in [0, 0.1) is 0 Å². The topological polar surface area (TPSA) is 68.0 Å². The summed E-state index contributed by atoms with van der Waals surface area (Å²) >= 11 is 1.42. The van der Waals surface area contributed by atoms with Crippen molar-refractivity contribution in [2.75, 3.05) is 0 Å². The Balaban J connectivity index is 1.48. The van der Waals surface area contributed by atoms with Gasteiger partial charge in [0.1, 0.15) is 0 Å². The van der Waals surface area contributed by atoms with Gasteiger partial charge in [-0.15, -0.1) is 10.2 Å². The fourth-order valence-corrected chi connectivity index (χ4v) is 2.72. The Morgan fingerprint density at radius 3 is 2.86 bits per heavy atom. The normalized spacial score (nSPS) is 14.7. The predicted molar refractivity (Wildman–Crippen MR) is 79.0 cm³/mol. The van der Waals surface area contributed by atoms with E-state index in [2.05, 4.69) is 25.5 Å². The van der Waals surface area contributed by atoms with Gasteiger partial charge < -0.3 is 5.32 Å². The lowest BCUT2D eigenvalue weighted by atomic mass is 10.3. The molecule has 7 heteroatoms. The van der Waals surface area contributed by atoms with Crippen LogP contribution in [0.4, 0.5) is 0 Å². The zero-order valence-electron chi connectivity index (χ0n) is 11.3. The Hall–Kier alpha value is -1.99. The molecule has 0 aromatic carbocycles. The van der Waals surface area contributed by atoms with Gasteiger partial charge in [-0.1, -0.05) is 6.07 Å². The minimum absolute atomic E-state index is 0.684. The number of fused-ring (bicyclic) bond motifs is 1. The van der Waals surface area contributed by atoms with Crippen LogP contribution in [-0.4, -0.2) is 30.6 Å². The van der Waals surface area contributed by atoms with Crippen molar-refractivity contribution in [2.24, 2.45) is 0 Å². The smallest absolute Gasteiger partial charge is 0.203 e. The van der Waals surface area contributed by atoms with Crippen LogP contribution in [0.3, 0.4) is 0 Å². The number of rotatable bonds is 5. The van der Waals surface area contributed by atoms with Gasteiger partial charge in [-0.25, -0.2) is 9.97 Å². The van der Waals surface area contributed by atoms with Crippen molar-refractivity contribution in [3.05, 3.63) is 42.4 Å². The lowest BCUT2D eigenvalue weighted by molar-refractivity contribution is 0.680. The van der Waals surface area contributed by atoms with E-state index in [9.17, 15) is 0 Å². The highest BCUT2D eigenvalue weighted by Gasteiger charge is 2.20. The lowest BCUT2D eigenvalue weighted by Gasteiger charge is -2.03. The Bertz CT molecular complexity index is 750. The maximum absolute atomic E-state index is 4.39. The second-order valence-corrected chi connectivity index (χ2v) is 5.98. The summed E-state index contributed by atoms with van der Waals surface area (Å²) in [5.74, 6) is 0. The first-order valence-electron chi connectivity index (χ1n) is 6.90. The van der Waals surface area contributed by atoms with Crippen LogP contribution in [0.15, 0.2) is 47.1 Å². The van der Waals surface area contributed by atoms with Gasteiger partial charge in [-0.2, -0.15) is 0 Å². The van der Waals surface area contributed by atoms with Crippen molar-refractivity contribution in [3.8, 4) is 0 Å². The van der Waals surface area contributed by atoms with Crippen LogP contribution < -0.4 is 5.32 Å². The molecular weight excluding hydrogens is 284 g/mol. The highest BCUT2D eigenvalue weighted by Crippen LogP contribution is 2.23. The molecule has 0 unspecified atom stereocenters. The molecular formula is C14H14N6S. The highest BCUT2D eigenvalue weighted by molar-refractivity contribution is 7.99. The second-order valence-electron chi connectivity index (χ2n) is 5.04. The molecule has 0 saturated heterocycles. The van der Waals surface area contributed by atoms with E-state index in [0.29, 0.717) is 11.2 Å². The van der Waals surface area contributed by atoms with E-state index in [1.54, 1.807) is 0 Å². The molecule has 0 atom stereocenters. The van der Waals surface area contributed by atoms with Crippen molar-refractivity contribution in [1.29, 1.82) is 0 Å². The van der Waals surface area contributed by atoms with Gasteiger partial charge in [0.05, 0.1) is 0 Å². The lowest BCUT2D eigenvalue weighted by Crippen LogP contribution is -2.15. The number of nitrogens with zero attached hydrogens (tertiary/aromatic N) is 5. The maximum atomic E-state index is 4.39. The Morgan fingerprint density at radius 2 is 2.05 bits per heavy atom. The van der Waals surface area contributed by atoms with Gasteiger partial charge in [0.15, 0.2) is 10.8 Å². The number of nitrogens with one attached hydrogen (secondary N) is 1. The minimum Gasteiger partial charge on any atom is -0.310 e. The first kappa shape index (κ1) is 12.7. The highest BCUT2D eigenvalue weighted by atomic mass is 32.2. The maximum Gasteiger partial charge on any atom is 0.203 e. The molecule has 0 spiro atoms. The standard InChI is InChI=1S/C14H14N6S/c1-2-6-20-12(3-1)18-19-14(20)21-13-16-8-10(9-17-13)7-15-11-4-5-11/h1-3,6,8-9,11,15H,4-5,7H2. The van der Waals surface area contributed by atoms with E-state index in [0.717, 1.165) is 22.9 Å². The van der Waals surface area contributed by atoms with Crippen molar-refractivity contribution in [3.63, 3.8) is 0 Å². The summed E-state index contributed by atoms with van der Waals surface area (Å²) in [6.07, 6.45) is 8.25. The molecule has 1 N–H and O–H groups in total. The first-order chi connectivity index (χ1) is 10.4. The summed E-state index contributed by atoms with van der Waals surface area (Å²) in [6, 6.07) is 6.51. The fourth-order valence-electron chi connectivity index (χ4n) is 2.01. The molecule has 1 aliphatic rings. The van der Waals surface area contributed by atoms with Crippen LogP contribution in [0.1, 0.15) is 18.4 Å². The van der Waals surface area contributed by atoms with Crippen LogP contribution in [0.25, 0.3) is 5.65 Å². The average molecular weight is 298 g/mol. The minimum atomic E-state index is 0.684. The molecule has 1 saturated carbocycles. The van der Waals surface area contributed by atoms with Crippen LogP contribution >= 0.6 is 11.8 Å². The van der Waals surface area contributed by atoms with Crippen molar-refractivity contribution in [2.45, 2.75) is 35.7 Å². The average Bonchev–Trinajstić information content (AvgIpc) is 3.28. The molecule has 3 heterocycles. The fraction of sp³-hybridized carbons (Fsp3) is 0.286. The number of aromatic nitrogens is 5. The van der Waals surface area contributed by atoms with Gasteiger partial charge in [-0.05, 0) is 36.7 Å². The Kier molecular flexibility index (Phi) is 3.28. The number of hydrogen-bond donors (Lipinski definition) is 1. The summed E-state index contributed by atoms with van der Waals surface area (Å²) in [5, 5.41) is 13.2. The van der Waals surface area contributed by atoms with Gasteiger partial charge in [0.25, 0.3) is 0 Å². The van der Waals surface area contributed by atoms with Crippen LogP contribution in [0.2, 0.25) is 0 Å². The van der Waals surface area contributed by atoms with Gasteiger partial charge >= 0.3 is 0 Å². The summed E-state index contributed by atoms with van der Waals surface area (Å²) < 4.78 is 1.93. The third-order valence-electron chi connectivity index (χ3n) is 3.32. The molecule has 3 aromatic rings. The van der Waals surface area contributed by atoms with Crippen LogP contribution in [-0.2, 0) is 6.54 Å². The van der Waals surface area contributed by atoms with Crippen molar-refractivity contribution >= 4 is 17.4 Å². The summed E-state index contributed by atoms with van der Waals surface area (Å²) in [7, 11) is 0. The number of hydrogen-bond acceptors (Lipinski definition) is 6. The Morgan fingerprint density at radius 1 is 1.19 bits per heavy atom. The monoisotopic (exact) mass is 298 g/mol. The quantitative estimate of drug-likeness (QED) is 0.726. The largest absolute Gasteiger partial charge is 0.310 e. The predicted octanol–water partition coefficient (Wildman–Crippen LogP) is 1.92. The number of pyridine rings is 1. The van der Waals surface area contributed by atoms with Crippen molar-refractivity contribution < 1.29 is 0 Å². The molecule has 0 aliphatic heterocycles. The van der Waals surface area contributed by atoms with Gasteiger partial charge in [0, 0.05) is 36.7 Å². The molecule has 106 valence electrons. The van der Waals surface area contributed by atoms with E-state index in [-0.39, 0.29) is 0 Å². The van der Waals surface area contributed by atoms with E-state index < -0.39 is 0 Å². The summed E-state index contributed by atoms with van der Waals surface area (Å²) in [5.41, 5.74) is 1.93. The van der Waals surface area contributed by atoms with Gasteiger partial charge in [-0.3, -0.25) is 4.40 Å². The van der Waals surface area contributed by atoms with E-state index in [1.165, 1.54) is 24.6 Å². The molecule has 1 aliphatic carbocycles. The zero-order chi connectivity index (χ0) is 14.1. The molecule has 1 fully saturated rings. The third-order valence-corrected chi connectivity index (χ3v) is 4.17. The van der Waals surface area contributed by atoms with Crippen molar-refractivity contribution in [1.82, 2.24) is 29.9 Å². The Labute approximate surface area is 126 Å². The van der Waals surface area contributed by atoms with E-state index in [4.69, 9.17) is 0 Å².